The second kappa shape index (κ2) is 15.5. The van der Waals surface area contributed by atoms with Crippen molar-refractivity contribution in [2.45, 2.75) is 92.2 Å². The van der Waals surface area contributed by atoms with Gasteiger partial charge in [0.2, 0.25) is 0 Å². The summed E-state index contributed by atoms with van der Waals surface area (Å²) in [7, 11) is 0. The monoisotopic (exact) mass is 468 g/mol. The third kappa shape index (κ3) is 12.2. The fourth-order valence-corrected chi connectivity index (χ4v) is 3.76. The highest BCUT2D eigenvalue weighted by molar-refractivity contribution is 5.47. The lowest BCUT2D eigenvalue weighted by molar-refractivity contribution is 0.266. The van der Waals surface area contributed by atoms with E-state index in [9.17, 15) is 0 Å². The third-order valence-corrected chi connectivity index (χ3v) is 5.96. The fourth-order valence-electron chi connectivity index (χ4n) is 3.76. The van der Waals surface area contributed by atoms with Gasteiger partial charge in [-0.25, -0.2) is 0 Å². The molecule has 4 nitrogen and oxygen atoms in total. The minimum Gasteiger partial charge on any atom is -0.494 e. The Hall–Kier alpha value is -2.36. The van der Waals surface area contributed by atoms with Crippen molar-refractivity contribution < 1.29 is 9.47 Å². The first-order valence-corrected chi connectivity index (χ1v) is 13.3. The Morgan fingerprint density at radius 2 is 0.882 bits per heavy atom. The number of benzene rings is 2. The van der Waals surface area contributed by atoms with E-state index in [1.165, 1.54) is 25.7 Å². The Bertz CT molecular complexity index is 704. The second-order valence-electron chi connectivity index (χ2n) is 10.5. The molecule has 34 heavy (non-hydrogen) atoms. The van der Waals surface area contributed by atoms with Crippen LogP contribution in [0.1, 0.15) is 80.1 Å². The Morgan fingerprint density at radius 3 is 1.21 bits per heavy atom. The molecule has 4 heteroatoms. The van der Waals surface area contributed by atoms with E-state index in [0.29, 0.717) is 25.3 Å². The maximum Gasteiger partial charge on any atom is 0.119 e. The van der Waals surface area contributed by atoms with Crippen LogP contribution in [0.2, 0.25) is 0 Å². The van der Waals surface area contributed by atoms with Crippen LogP contribution in [0.3, 0.4) is 0 Å². The molecule has 2 rings (SSSR count). The van der Waals surface area contributed by atoms with Crippen molar-refractivity contribution >= 4 is 11.4 Å². The summed E-state index contributed by atoms with van der Waals surface area (Å²) in [4.78, 5) is 0. The zero-order valence-corrected chi connectivity index (χ0v) is 22.4. The summed E-state index contributed by atoms with van der Waals surface area (Å²) in [5, 5.41) is 7.14. The Kier molecular flexibility index (Phi) is 12.7. The van der Waals surface area contributed by atoms with Crippen LogP contribution >= 0.6 is 0 Å². The summed E-state index contributed by atoms with van der Waals surface area (Å²) in [6, 6.07) is 17.6. The lowest BCUT2D eigenvalue weighted by Gasteiger charge is -2.17. The molecule has 0 fully saturated rings. The van der Waals surface area contributed by atoms with Crippen LogP contribution in [0.5, 0.6) is 11.5 Å². The maximum absolute atomic E-state index is 5.89. The Labute approximate surface area is 208 Å². The number of ether oxygens (including phenoxy) is 2. The van der Waals surface area contributed by atoms with Crippen molar-refractivity contribution in [3.63, 3.8) is 0 Å². The zero-order valence-electron chi connectivity index (χ0n) is 22.4. The summed E-state index contributed by atoms with van der Waals surface area (Å²) < 4.78 is 11.8. The molecular weight excluding hydrogens is 420 g/mol. The first-order valence-electron chi connectivity index (χ1n) is 13.3. The highest BCUT2D eigenvalue weighted by Crippen LogP contribution is 2.20. The van der Waals surface area contributed by atoms with E-state index in [-0.39, 0.29) is 0 Å². The average molecular weight is 469 g/mol. The van der Waals surface area contributed by atoms with Gasteiger partial charge < -0.3 is 20.1 Å². The number of rotatable bonds is 17. The lowest BCUT2D eigenvalue weighted by Crippen LogP contribution is -2.15. The highest BCUT2D eigenvalue weighted by Gasteiger charge is 2.05. The number of hydrogen-bond donors (Lipinski definition) is 2. The molecule has 0 saturated carbocycles. The predicted octanol–water partition coefficient (Wildman–Crippen LogP) is 8.40. The van der Waals surface area contributed by atoms with Gasteiger partial charge >= 0.3 is 0 Å². The van der Waals surface area contributed by atoms with Crippen LogP contribution < -0.4 is 20.1 Å². The summed E-state index contributed by atoms with van der Waals surface area (Å²) in [6.07, 6.45) is 6.82. The molecule has 2 aromatic carbocycles. The van der Waals surface area contributed by atoms with Crippen molar-refractivity contribution in [3.8, 4) is 11.5 Å². The van der Waals surface area contributed by atoms with E-state index in [4.69, 9.17) is 9.47 Å². The number of unbranched alkanes of at least 4 members (excludes halogenated alkanes) is 1. The van der Waals surface area contributed by atoms with Gasteiger partial charge in [-0.05, 0) is 113 Å². The fraction of sp³-hybridized carbons (Fsp3) is 0.600. The van der Waals surface area contributed by atoms with E-state index in [1.807, 2.05) is 24.3 Å². The van der Waals surface area contributed by atoms with E-state index in [0.717, 1.165) is 47.6 Å². The van der Waals surface area contributed by atoms with Crippen molar-refractivity contribution in [2.24, 2.45) is 11.8 Å². The minimum absolute atomic E-state index is 0.486. The van der Waals surface area contributed by atoms with E-state index < -0.39 is 0 Å². The molecule has 0 aliphatic rings. The lowest BCUT2D eigenvalue weighted by atomic mass is 10.0. The first kappa shape index (κ1) is 27.9. The van der Waals surface area contributed by atoms with Gasteiger partial charge in [0.15, 0.2) is 0 Å². The Balaban J connectivity index is 1.57. The number of hydrogen-bond acceptors (Lipinski definition) is 4. The van der Waals surface area contributed by atoms with Crippen LogP contribution in [-0.2, 0) is 0 Å². The molecule has 0 heterocycles. The SMILES string of the molecule is CC(C)CCC(C)Nc1ccc(OCCCCOc2ccc(NC(C)CCC(C)C)cc2)cc1. The van der Waals surface area contributed by atoms with Gasteiger partial charge in [-0.1, -0.05) is 27.7 Å². The highest BCUT2D eigenvalue weighted by atomic mass is 16.5. The standard InChI is InChI=1S/C30H48N2O2/c1-23(2)9-11-25(5)31-27-13-17-29(18-14-27)33-21-7-8-22-34-30-19-15-28(16-20-30)32-26(6)12-10-24(3)4/h13-20,23-26,31-32H,7-12,21-22H2,1-6H3. The zero-order chi connectivity index (χ0) is 24.8. The molecule has 2 atom stereocenters. The molecule has 0 radical (unpaired) electrons. The van der Waals surface area contributed by atoms with Crippen LogP contribution in [0.4, 0.5) is 11.4 Å². The topological polar surface area (TPSA) is 42.5 Å². The van der Waals surface area contributed by atoms with Gasteiger partial charge in [-0.15, -0.1) is 0 Å². The molecule has 0 bridgehead atoms. The van der Waals surface area contributed by atoms with Crippen molar-refractivity contribution in [1.82, 2.24) is 0 Å². The maximum atomic E-state index is 5.89. The first-order chi connectivity index (χ1) is 16.3. The molecular formula is C30H48N2O2. The molecule has 190 valence electrons. The van der Waals surface area contributed by atoms with Crippen LogP contribution in [0.25, 0.3) is 0 Å². The smallest absolute Gasteiger partial charge is 0.119 e. The molecule has 0 spiro atoms. The second-order valence-corrected chi connectivity index (χ2v) is 10.5. The minimum atomic E-state index is 0.486. The van der Waals surface area contributed by atoms with Crippen LogP contribution in [0.15, 0.2) is 48.5 Å². The third-order valence-electron chi connectivity index (χ3n) is 5.96. The van der Waals surface area contributed by atoms with E-state index in [1.54, 1.807) is 0 Å². The van der Waals surface area contributed by atoms with Gasteiger partial charge in [-0.3, -0.25) is 0 Å². The predicted molar refractivity (Wildman–Crippen MR) is 147 cm³/mol. The summed E-state index contributed by atoms with van der Waals surface area (Å²) in [5.74, 6) is 3.35. The quantitative estimate of drug-likeness (QED) is 0.229. The molecule has 0 saturated heterocycles. The van der Waals surface area contributed by atoms with Crippen molar-refractivity contribution in [1.29, 1.82) is 0 Å². The molecule has 0 amide bonds. The van der Waals surface area contributed by atoms with E-state index >= 15 is 0 Å². The van der Waals surface area contributed by atoms with Gasteiger partial charge in [-0.2, -0.15) is 0 Å². The summed E-state index contributed by atoms with van der Waals surface area (Å²) >= 11 is 0. The normalized spacial score (nSPS) is 13.1. The van der Waals surface area contributed by atoms with Crippen LogP contribution in [-0.4, -0.2) is 25.3 Å². The van der Waals surface area contributed by atoms with Gasteiger partial charge in [0.25, 0.3) is 0 Å². The molecule has 2 N–H and O–H groups in total. The molecule has 0 aromatic heterocycles. The number of nitrogens with one attached hydrogen (secondary N) is 2. The molecule has 0 aliphatic heterocycles. The van der Waals surface area contributed by atoms with Crippen molar-refractivity contribution in [3.05, 3.63) is 48.5 Å². The van der Waals surface area contributed by atoms with Crippen LogP contribution in [0, 0.1) is 11.8 Å². The van der Waals surface area contributed by atoms with Gasteiger partial charge in [0, 0.05) is 23.5 Å². The number of anilines is 2. The molecule has 2 aromatic rings. The van der Waals surface area contributed by atoms with E-state index in [2.05, 4.69) is 76.4 Å². The summed E-state index contributed by atoms with van der Waals surface area (Å²) in [6.45, 7) is 15.0. The molecule has 0 aliphatic carbocycles. The van der Waals surface area contributed by atoms with Gasteiger partial charge in [0.05, 0.1) is 13.2 Å². The largest absolute Gasteiger partial charge is 0.494 e. The van der Waals surface area contributed by atoms with Crippen molar-refractivity contribution in [2.75, 3.05) is 23.8 Å². The summed E-state index contributed by atoms with van der Waals surface area (Å²) in [5.41, 5.74) is 2.31. The molecule has 2 unspecified atom stereocenters. The van der Waals surface area contributed by atoms with Gasteiger partial charge in [0.1, 0.15) is 11.5 Å². The average Bonchev–Trinajstić information content (AvgIpc) is 2.80. The Morgan fingerprint density at radius 1 is 0.529 bits per heavy atom.